The second-order valence-corrected chi connectivity index (χ2v) is 8.82. The first kappa shape index (κ1) is 19.9. The number of benzene rings is 1. The van der Waals surface area contributed by atoms with Gasteiger partial charge in [-0.25, -0.2) is 9.48 Å². The van der Waals surface area contributed by atoms with Crippen molar-refractivity contribution in [3.8, 4) is 0 Å². The monoisotopic (exact) mass is 397 g/mol. The van der Waals surface area contributed by atoms with Crippen LogP contribution in [0.3, 0.4) is 0 Å². The largest absolute Gasteiger partial charge is 0.353 e. The highest BCUT2D eigenvalue weighted by Crippen LogP contribution is 2.48. The molecular weight excluding hydrogens is 366 g/mol. The van der Waals surface area contributed by atoms with Crippen molar-refractivity contribution in [2.75, 3.05) is 20.6 Å². The number of rotatable bonds is 6. The predicted molar refractivity (Wildman–Crippen MR) is 112 cm³/mol. The van der Waals surface area contributed by atoms with Gasteiger partial charge < -0.3 is 10.2 Å². The third kappa shape index (κ3) is 4.01. The molecule has 0 radical (unpaired) electrons. The van der Waals surface area contributed by atoms with Gasteiger partial charge in [-0.3, -0.25) is 9.36 Å². The number of hydrogen-bond acceptors (Lipinski definition) is 4. The van der Waals surface area contributed by atoms with E-state index in [1.807, 2.05) is 19.0 Å². The van der Waals surface area contributed by atoms with Gasteiger partial charge in [0.05, 0.1) is 12.0 Å². The standard InChI is InChI=1S/C22H31N5O2/c1-16-4-6-17(7-5-16)22(11-12-22)20(28)23-18-8-9-19-24-27(15-14-25(2)3)21(29)26(19)13-10-18/h4-7,18H,8-15H2,1-3H3,(H,23,28). The van der Waals surface area contributed by atoms with Crippen LogP contribution in [0.25, 0.3) is 0 Å². The van der Waals surface area contributed by atoms with Crippen molar-refractivity contribution in [2.24, 2.45) is 0 Å². The van der Waals surface area contributed by atoms with Crippen LogP contribution < -0.4 is 11.0 Å². The minimum absolute atomic E-state index is 0.0351. The van der Waals surface area contributed by atoms with E-state index in [0.29, 0.717) is 19.5 Å². The SMILES string of the molecule is Cc1ccc(C2(C(=O)NC3CCc4nn(CCN(C)C)c(=O)n4CC3)CC2)cc1. The van der Waals surface area contributed by atoms with Crippen LogP contribution in [0.2, 0.25) is 0 Å². The number of carbonyl (C=O) groups is 1. The number of carbonyl (C=O) groups excluding carboxylic acids is 1. The Bertz CT molecular complexity index is 937. The Labute approximate surface area is 171 Å². The molecule has 1 amide bonds. The number of fused-ring (bicyclic) bond motifs is 1. The summed E-state index contributed by atoms with van der Waals surface area (Å²) in [5.74, 6) is 0.972. The first-order valence-electron chi connectivity index (χ1n) is 10.6. The number of aromatic nitrogens is 3. The summed E-state index contributed by atoms with van der Waals surface area (Å²) in [6, 6.07) is 8.41. The van der Waals surface area contributed by atoms with Gasteiger partial charge in [-0.2, -0.15) is 5.10 Å². The van der Waals surface area contributed by atoms with Crippen molar-refractivity contribution in [1.82, 2.24) is 24.6 Å². The van der Waals surface area contributed by atoms with Crippen LogP contribution in [0.4, 0.5) is 0 Å². The van der Waals surface area contributed by atoms with Gasteiger partial charge in [0, 0.05) is 25.6 Å². The summed E-state index contributed by atoms with van der Waals surface area (Å²) in [5.41, 5.74) is 1.93. The fourth-order valence-electron chi connectivity index (χ4n) is 4.18. The van der Waals surface area contributed by atoms with Crippen LogP contribution >= 0.6 is 0 Å². The third-order valence-corrected chi connectivity index (χ3v) is 6.30. The van der Waals surface area contributed by atoms with Crippen LogP contribution in [-0.2, 0) is 29.7 Å². The van der Waals surface area contributed by atoms with E-state index in [4.69, 9.17) is 0 Å². The lowest BCUT2D eigenvalue weighted by atomic mass is 9.93. The van der Waals surface area contributed by atoms with Crippen LogP contribution in [-0.4, -0.2) is 51.8 Å². The fourth-order valence-corrected chi connectivity index (χ4v) is 4.18. The molecule has 29 heavy (non-hydrogen) atoms. The van der Waals surface area contributed by atoms with Gasteiger partial charge in [0.2, 0.25) is 5.91 Å². The third-order valence-electron chi connectivity index (χ3n) is 6.30. The predicted octanol–water partition coefficient (Wildman–Crippen LogP) is 1.47. The average molecular weight is 398 g/mol. The normalized spacial score (nSPS) is 20.2. The molecule has 7 nitrogen and oxygen atoms in total. The Morgan fingerprint density at radius 3 is 2.62 bits per heavy atom. The molecule has 7 heteroatoms. The number of aryl methyl sites for hydroxylation is 2. The van der Waals surface area contributed by atoms with Crippen molar-refractivity contribution < 1.29 is 4.79 Å². The van der Waals surface area contributed by atoms with Gasteiger partial charge in [-0.15, -0.1) is 0 Å². The van der Waals surface area contributed by atoms with Crippen LogP contribution in [0.15, 0.2) is 29.1 Å². The van der Waals surface area contributed by atoms with E-state index in [2.05, 4.69) is 41.6 Å². The van der Waals surface area contributed by atoms with Gasteiger partial charge in [0.1, 0.15) is 5.82 Å². The molecule has 1 aromatic carbocycles. The number of nitrogens with zero attached hydrogens (tertiary/aromatic N) is 4. The average Bonchev–Trinajstić information content (AvgIpc) is 3.46. The minimum Gasteiger partial charge on any atom is -0.353 e. The molecule has 1 unspecified atom stereocenters. The Morgan fingerprint density at radius 1 is 1.24 bits per heavy atom. The fraction of sp³-hybridized carbons (Fsp3) is 0.591. The summed E-state index contributed by atoms with van der Waals surface area (Å²) in [6.45, 7) is 4.06. The number of likely N-dealkylation sites (N-methyl/N-ethyl adjacent to an activating group) is 1. The molecule has 1 aliphatic heterocycles. The molecule has 156 valence electrons. The molecule has 2 aromatic rings. The Morgan fingerprint density at radius 2 is 1.97 bits per heavy atom. The van der Waals surface area contributed by atoms with Crippen LogP contribution in [0.1, 0.15) is 42.6 Å². The zero-order chi connectivity index (χ0) is 20.6. The molecule has 1 fully saturated rings. The summed E-state index contributed by atoms with van der Waals surface area (Å²) < 4.78 is 3.36. The molecule has 1 N–H and O–H groups in total. The molecule has 1 atom stereocenters. The van der Waals surface area contributed by atoms with Crippen molar-refractivity contribution in [3.63, 3.8) is 0 Å². The zero-order valence-corrected chi connectivity index (χ0v) is 17.6. The quantitative estimate of drug-likeness (QED) is 0.801. The van der Waals surface area contributed by atoms with Crippen molar-refractivity contribution in [3.05, 3.63) is 51.7 Å². The molecule has 1 aromatic heterocycles. The summed E-state index contributed by atoms with van der Waals surface area (Å²) in [6.07, 6.45) is 4.12. The summed E-state index contributed by atoms with van der Waals surface area (Å²) in [5, 5.41) is 7.82. The highest BCUT2D eigenvalue weighted by Gasteiger charge is 2.51. The number of hydrogen-bond donors (Lipinski definition) is 1. The maximum absolute atomic E-state index is 13.1. The van der Waals surface area contributed by atoms with E-state index in [9.17, 15) is 9.59 Å². The highest BCUT2D eigenvalue weighted by molar-refractivity contribution is 5.91. The smallest absolute Gasteiger partial charge is 0.345 e. The topological polar surface area (TPSA) is 72.2 Å². The van der Waals surface area contributed by atoms with Crippen molar-refractivity contribution in [2.45, 2.75) is 63.6 Å². The number of amides is 1. The zero-order valence-electron chi connectivity index (χ0n) is 17.6. The molecule has 2 aliphatic rings. The van der Waals surface area contributed by atoms with E-state index < -0.39 is 0 Å². The first-order valence-corrected chi connectivity index (χ1v) is 10.6. The van der Waals surface area contributed by atoms with E-state index in [-0.39, 0.29) is 23.1 Å². The van der Waals surface area contributed by atoms with E-state index in [1.165, 1.54) is 5.56 Å². The highest BCUT2D eigenvalue weighted by atomic mass is 16.2. The van der Waals surface area contributed by atoms with Gasteiger partial charge in [0.15, 0.2) is 0 Å². The van der Waals surface area contributed by atoms with Crippen molar-refractivity contribution >= 4 is 5.91 Å². The molecule has 0 bridgehead atoms. The van der Waals surface area contributed by atoms with Crippen LogP contribution in [0.5, 0.6) is 0 Å². The van der Waals surface area contributed by atoms with Gasteiger partial charge in [0.25, 0.3) is 0 Å². The minimum atomic E-state index is -0.355. The molecule has 0 saturated heterocycles. The lowest BCUT2D eigenvalue weighted by Gasteiger charge is -2.21. The Balaban J connectivity index is 1.40. The lowest BCUT2D eigenvalue weighted by molar-refractivity contribution is -0.124. The molecule has 1 aliphatic carbocycles. The Hall–Kier alpha value is -2.41. The maximum Gasteiger partial charge on any atom is 0.345 e. The maximum atomic E-state index is 13.1. The molecule has 0 spiro atoms. The second-order valence-electron chi connectivity index (χ2n) is 8.82. The van der Waals surface area contributed by atoms with Crippen molar-refractivity contribution in [1.29, 1.82) is 0 Å². The van der Waals surface area contributed by atoms with Gasteiger partial charge in [-0.1, -0.05) is 29.8 Å². The van der Waals surface area contributed by atoms with E-state index in [0.717, 1.165) is 43.6 Å². The van der Waals surface area contributed by atoms with E-state index >= 15 is 0 Å². The molecule has 4 rings (SSSR count). The van der Waals surface area contributed by atoms with E-state index in [1.54, 1.807) is 9.25 Å². The molecular formula is C22H31N5O2. The second kappa shape index (κ2) is 7.78. The number of nitrogens with one attached hydrogen (secondary N) is 1. The van der Waals surface area contributed by atoms with Gasteiger partial charge >= 0.3 is 5.69 Å². The summed E-state index contributed by atoms with van der Waals surface area (Å²) in [4.78, 5) is 27.8. The molecule has 2 heterocycles. The summed E-state index contributed by atoms with van der Waals surface area (Å²) >= 11 is 0. The Kier molecular flexibility index (Phi) is 5.34. The van der Waals surface area contributed by atoms with Gasteiger partial charge in [-0.05, 0) is 52.3 Å². The molecule has 1 saturated carbocycles. The first-order chi connectivity index (χ1) is 13.9. The van der Waals surface area contributed by atoms with Crippen LogP contribution in [0, 0.1) is 6.92 Å². The lowest BCUT2D eigenvalue weighted by Crippen LogP contribution is -2.42. The summed E-state index contributed by atoms with van der Waals surface area (Å²) in [7, 11) is 3.98.